The standard InChI is InChI=1S/C26H32N2O4/c1-26(2,3)32-25(30)28-20-13-14-21(28)16-18(15-20)17-31-24(29)27-23-12-8-7-11-22(23)19-9-5-4-6-10-19/h4-12,18,20-21H,13-17H2,1-3H3,(H,27,29)/t18?,20-,21+. The van der Waals surface area contributed by atoms with Crippen molar-refractivity contribution in [3.8, 4) is 11.1 Å². The molecule has 1 N–H and O–H groups in total. The molecule has 2 heterocycles. The predicted molar refractivity (Wildman–Crippen MR) is 124 cm³/mol. The molecule has 2 aliphatic rings. The largest absolute Gasteiger partial charge is 0.449 e. The number of benzene rings is 2. The number of nitrogens with zero attached hydrogens (tertiary/aromatic N) is 1. The van der Waals surface area contributed by atoms with E-state index in [1.165, 1.54) is 0 Å². The van der Waals surface area contributed by atoms with Gasteiger partial charge in [0, 0.05) is 17.6 Å². The predicted octanol–water partition coefficient (Wildman–Crippen LogP) is 6.08. The molecule has 2 aromatic rings. The minimum Gasteiger partial charge on any atom is -0.449 e. The van der Waals surface area contributed by atoms with Gasteiger partial charge >= 0.3 is 12.2 Å². The third-order valence-corrected chi connectivity index (χ3v) is 6.13. The van der Waals surface area contributed by atoms with E-state index in [4.69, 9.17) is 9.47 Å². The van der Waals surface area contributed by atoms with Gasteiger partial charge in [0.15, 0.2) is 0 Å². The topological polar surface area (TPSA) is 67.9 Å². The van der Waals surface area contributed by atoms with E-state index >= 15 is 0 Å². The zero-order chi connectivity index (χ0) is 22.7. The monoisotopic (exact) mass is 436 g/mol. The molecule has 0 saturated carbocycles. The van der Waals surface area contributed by atoms with Gasteiger partial charge in [-0.15, -0.1) is 0 Å². The van der Waals surface area contributed by atoms with Crippen molar-refractivity contribution >= 4 is 17.9 Å². The van der Waals surface area contributed by atoms with E-state index in [-0.39, 0.29) is 24.1 Å². The van der Waals surface area contributed by atoms with Gasteiger partial charge in [-0.1, -0.05) is 48.5 Å². The molecule has 2 amide bonds. The SMILES string of the molecule is CC(C)(C)OC(=O)N1[C@@H]2CC[C@H]1CC(COC(=O)Nc1ccccc1-c1ccccc1)C2. The molecule has 32 heavy (non-hydrogen) atoms. The number of fused-ring (bicyclic) bond motifs is 2. The normalized spacial score (nSPS) is 22.3. The first-order valence-corrected chi connectivity index (χ1v) is 11.4. The first-order chi connectivity index (χ1) is 15.3. The molecule has 6 nitrogen and oxygen atoms in total. The molecule has 2 fully saturated rings. The molecule has 0 spiro atoms. The van der Waals surface area contributed by atoms with E-state index in [0.29, 0.717) is 6.61 Å². The first-order valence-electron chi connectivity index (χ1n) is 11.4. The number of para-hydroxylation sites is 1. The summed E-state index contributed by atoms with van der Waals surface area (Å²) in [5.74, 6) is 0.251. The quantitative estimate of drug-likeness (QED) is 0.631. The summed E-state index contributed by atoms with van der Waals surface area (Å²) in [6.45, 7) is 6.03. The highest BCUT2D eigenvalue weighted by Gasteiger charge is 2.45. The van der Waals surface area contributed by atoms with Gasteiger partial charge < -0.3 is 14.4 Å². The van der Waals surface area contributed by atoms with E-state index in [9.17, 15) is 9.59 Å². The second kappa shape index (κ2) is 9.23. The van der Waals surface area contributed by atoms with Crippen LogP contribution in [0.15, 0.2) is 54.6 Å². The minimum absolute atomic E-state index is 0.166. The van der Waals surface area contributed by atoms with E-state index in [0.717, 1.165) is 42.5 Å². The van der Waals surface area contributed by atoms with Crippen molar-refractivity contribution in [2.75, 3.05) is 11.9 Å². The van der Waals surface area contributed by atoms with Gasteiger partial charge in [0.1, 0.15) is 5.60 Å². The van der Waals surface area contributed by atoms with Crippen molar-refractivity contribution in [2.24, 2.45) is 5.92 Å². The minimum atomic E-state index is -0.495. The molecule has 2 bridgehead atoms. The van der Waals surface area contributed by atoms with Crippen LogP contribution in [0.5, 0.6) is 0 Å². The van der Waals surface area contributed by atoms with E-state index < -0.39 is 11.7 Å². The van der Waals surface area contributed by atoms with Crippen molar-refractivity contribution in [2.45, 2.75) is 64.1 Å². The molecular weight excluding hydrogens is 404 g/mol. The number of carbonyl (C=O) groups excluding carboxylic acids is 2. The molecule has 0 aromatic heterocycles. The van der Waals surface area contributed by atoms with Crippen LogP contribution in [-0.2, 0) is 9.47 Å². The number of anilines is 1. The summed E-state index contributed by atoms with van der Waals surface area (Å²) >= 11 is 0. The Bertz CT molecular complexity index is 940. The Morgan fingerprint density at radius 2 is 1.59 bits per heavy atom. The lowest BCUT2D eigenvalue weighted by molar-refractivity contribution is -0.00262. The number of nitrogens with one attached hydrogen (secondary N) is 1. The lowest BCUT2D eigenvalue weighted by Crippen LogP contribution is -2.49. The summed E-state index contributed by atoms with van der Waals surface area (Å²) < 4.78 is 11.2. The van der Waals surface area contributed by atoms with Crippen LogP contribution in [0.2, 0.25) is 0 Å². The van der Waals surface area contributed by atoms with Gasteiger partial charge in [-0.25, -0.2) is 9.59 Å². The molecule has 0 aliphatic carbocycles. The molecular formula is C26H32N2O4. The lowest BCUT2D eigenvalue weighted by Gasteiger charge is -2.39. The molecule has 2 saturated heterocycles. The van der Waals surface area contributed by atoms with Gasteiger partial charge in [0.2, 0.25) is 0 Å². The summed E-state index contributed by atoms with van der Waals surface area (Å²) in [4.78, 5) is 27.1. The molecule has 4 rings (SSSR count). The van der Waals surface area contributed by atoms with Crippen molar-refractivity contribution in [1.29, 1.82) is 0 Å². The van der Waals surface area contributed by atoms with Crippen LogP contribution in [0.1, 0.15) is 46.5 Å². The number of piperidine rings is 1. The van der Waals surface area contributed by atoms with Crippen molar-refractivity contribution < 1.29 is 19.1 Å². The van der Waals surface area contributed by atoms with Crippen LogP contribution in [0, 0.1) is 5.92 Å². The summed E-state index contributed by atoms with van der Waals surface area (Å²) in [6.07, 6.45) is 2.97. The molecule has 2 aromatic carbocycles. The second-order valence-electron chi connectivity index (χ2n) is 9.75. The number of rotatable bonds is 4. The average molecular weight is 437 g/mol. The summed E-state index contributed by atoms with van der Waals surface area (Å²) in [5.41, 5.74) is 2.22. The smallest absolute Gasteiger partial charge is 0.411 e. The Balaban J connectivity index is 1.32. The van der Waals surface area contributed by atoms with Crippen molar-refractivity contribution in [3.63, 3.8) is 0 Å². The fourth-order valence-corrected chi connectivity index (χ4v) is 4.84. The summed E-state index contributed by atoms with van der Waals surface area (Å²) in [6, 6.07) is 18.0. The highest BCUT2D eigenvalue weighted by atomic mass is 16.6. The van der Waals surface area contributed by atoms with Gasteiger partial charge in [0.05, 0.1) is 12.3 Å². The van der Waals surface area contributed by atoms with Gasteiger partial charge in [-0.2, -0.15) is 0 Å². The number of amides is 2. The van der Waals surface area contributed by atoms with E-state index in [1.54, 1.807) is 0 Å². The Kier molecular flexibility index (Phi) is 6.40. The highest BCUT2D eigenvalue weighted by molar-refractivity contribution is 5.91. The molecule has 0 radical (unpaired) electrons. The Hall–Kier alpha value is -3.02. The molecule has 170 valence electrons. The maximum Gasteiger partial charge on any atom is 0.411 e. The third-order valence-electron chi connectivity index (χ3n) is 6.13. The summed E-state index contributed by atoms with van der Waals surface area (Å²) in [7, 11) is 0. The van der Waals surface area contributed by atoms with Gasteiger partial charge in [0.25, 0.3) is 0 Å². The van der Waals surface area contributed by atoms with Crippen molar-refractivity contribution in [3.05, 3.63) is 54.6 Å². The van der Waals surface area contributed by atoms with E-state index in [1.807, 2.05) is 80.3 Å². The Morgan fingerprint density at radius 3 is 2.25 bits per heavy atom. The fourth-order valence-electron chi connectivity index (χ4n) is 4.84. The number of hydrogen-bond acceptors (Lipinski definition) is 4. The average Bonchev–Trinajstić information content (AvgIpc) is 3.03. The van der Waals surface area contributed by atoms with Gasteiger partial charge in [-0.05, 0) is 64.0 Å². The summed E-state index contributed by atoms with van der Waals surface area (Å²) in [5, 5.41) is 2.89. The van der Waals surface area contributed by atoms with Crippen LogP contribution >= 0.6 is 0 Å². The molecule has 1 unspecified atom stereocenters. The van der Waals surface area contributed by atoms with Crippen LogP contribution in [0.4, 0.5) is 15.3 Å². The molecule has 6 heteroatoms. The zero-order valence-corrected chi connectivity index (χ0v) is 19.0. The third kappa shape index (κ3) is 5.23. The van der Waals surface area contributed by atoms with Gasteiger partial charge in [-0.3, -0.25) is 5.32 Å². The van der Waals surface area contributed by atoms with E-state index in [2.05, 4.69) is 5.32 Å². The van der Waals surface area contributed by atoms with Crippen LogP contribution in [-0.4, -0.2) is 41.4 Å². The number of carbonyl (C=O) groups is 2. The lowest BCUT2D eigenvalue weighted by atomic mass is 9.92. The van der Waals surface area contributed by atoms with Crippen molar-refractivity contribution in [1.82, 2.24) is 4.90 Å². The molecule has 3 atom stereocenters. The molecule has 2 aliphatic heterocycles. The Labute approximate surface area is 189 Å². The van der Waals surface area contributed by atoms with Crippen LogP contribution in [0.25, 0.3) is 11.1 Å². The number of ether oxygens (including phenoxy) is 2. The fraction of sp³-hybridized carbons (Fsp3) is 0.462. The highest BCUT2D eigenvalue weighted by Crippen LogP contribution is 2.39. The maximum atomic E-state index is 12.6. The Morgan fingerprint density at radius 1 is 0.969 bits per heavy atom. The maximum absolute atomic E-state index is 12.6. The first kappa shape index (κ1) is 22.2. The van der Waals surface area contributed by atoms with Crippen LogP contribution < -0.4 is 5.32 Å². The second-order valence-corrected chi connectivity index (χ2v) is 9.75. The van der Waals surface area contributed by atoms with Crippen LogP contribution in [0.3, 0.4) is 0 Å². The number of hydrogen-bond donors (Lipinski definition) is 1. The zero-order valence-electron chi connectivity index (χ0n) is 19.0.